The van der Waals surface area contributed by atoms with Crippen LogP contribution in [-0.2, 0) is 27.2 Å². The number of rotatable bonds is 8. The first kappa shape index (κ1) is 29.0. The lowest BCUT2D eigenvalue weighted by molar-refractivity contribution is -0.142. The second-order valence-electron chi connectivity index (χ2n) is 12.3. The Morgan fingerprint density at radius 3 is 1.88 bits per heavy atom. The molecule has 3 aliphatic rings. The van der Waals surface area contributed by atoms with E-state index in [1.54, 1.807) is 4.90 Å². The molecular weight excluding hydrogens is 536 g/mol. The van der Waals surface area contributed by atoms with Crippen molar-refractivity contribution in [2.75, 3.05) is 44.3 Å². The molecule has 3 saturated heterocycles. The fraction of sp³-hybridized carbons (Fsp3) is 0.417. The van der Waals surface area contributed by atoms with Crippen LogP contribution in [0.15, 0.2) is 91.0 Å². The highest BCUT2D eigenvalue weighted by Gasteiger charge is 2.54. The van der Waals surface area contributed by atoms with Crippen molar-refractivity contribution in [1.82, 2.24) is 14.7 Å². The lowest BCUT2D eigenvalue weighted by Crippen LogP contribution is -2.57. The van der Waals surface area contributed by atoms with Crippen molar-refractivity contribution in [1.29, 1.82) is 0 Å². The third-order valence-corrected chi connectivity index (χ3v) is 9.66. The Balaban J connectivity index is 1.08. The molecule has 6 rings (SSSR count). The number of aryl methyl sites for hydroxylation is 1. The average Bonchev–Trinajstić information content (AvgIpc) is 3.31. The van der Waals surface area contributed by atoms with E-state index >= 15 is 0 Å². The van der Waals surface area contributed by atoms with Gasteiger partial charge in [-0.1, -0.05) is 78.9 Å². The zero-order chi connectivity index (χ0) is 29.6. The van der Waals surface area contributed by atoms with Crippen LogP contribution in [0.2, 0.25) is 0 Å². The highest BCUT2D eigenvalue weighted by molar-refractivity contribution is 5.96. The normalized spacial score (nSPS) is 18.8. The van der Waals surface area contributed by atoms with Gasteiger partial charge in [-0.25, -0.2) is 0 Å². The van der Waals surface area contributed by atoms with Gasteiger partial charge in [-0.05, 0) is 67.7 Å². The van der Waals surface area contributed by atoms with E-state index in [1.807, 2.05) is 64.4 Å². The summed E-state index contributed by atoms with van der Waals surface area (Å²) in [7, 11) is 0. The summed E-state index contributed by atoms with van der Waals surface area (Å²) in [5.74, 6) is 0.764. The number of likely N-dealkylation sites (tertiary alicyclic amines) is 2. The van der Waals surface area contributed by atoms with Crippen molar-refractivity contribution in [3.63, 3.8) is 0 Å². The molecule has 224 valence electrons. The minimum atomic E-state index is -0.736. The van der Waals surface area contributed by atoms with E-state index in [1.165, 1.54) is 5.56 Å². The number of hydrogen-bond acceptors (Lipinski definition) is 4. The average molecular weight is 579 g/mol. The second kappa shape index (κ2) is 13.0. The molecular formula is C36H42N4O3. The van der Waals surface area contributed by atoms with Crippen LogP contribution in [-0.4, -0.2) is 77.4 Å². The SMILES string of the molecule is O=C(CCc1ccccc1)N1CCC2(CC1)C(=O)N(CC(=O)N1CCC(Cc3ccccc3)CC1)CN2c1ccccc1. The number of carbonyl (C=O) groups excluding carboxylic acids is 3. The number of para-hydroxylation sites is 1. The summed E-state index contributed by atoms with van der Waals surface area (Å²) in [5, 5.41) is 0. The quantitative estimate of drug-likeness (QED) is 0.387. The molecule has 7 heteroatoms. The van der Waals surface area contributed by atoms with Gasteiger partial charge < -0.3 is 19.6 Å². The molecule has 3 aromatic carbocycles. The van der Waals surface area contributed by atoms with Gasteiger partial charge in [0.25, 0.3) is 5.91 Å². The highest BCUT2D eigenvalue weighted by atomic mass is 16.2. The van der Waals surface area contributed by atoms with Crippen LogP contribution < -0.4 is 4.90 Å². The minimum Gasteiger partial charge on any atom is -0.342 e. The Labute approximate surface area is 255 Å². The van der Waals surface area contributed by atoms with Crippen LogP contribution in [0.4, 0.5) is 5.69 Å². The van der Waals surface area contributed by atoms with E-state index < -0.39 is 5.54 Å². The van der Waals surface area contributed by atoms with E-state index in [-0.39, 0.29) is 24.3 Å². The Kier molecular flexibility index (Phi) is 8.77. The number of benzene rings is 3. The molecule has 3 aromatic rings. The van der Waals surface area contributed by atoms with Gasteiger partial charge in [0.1, 0.15) is 12.1 Å². The third-order valence-electron chi connectivity index (χ3n) is 9.66. The van der Waals surface area contributed by atoms with Crippen LogP contribution in [0.25, 0.3) is 0 Å². The number of amides is 3. The zero-order valence-electron chi connectivity index (χ0n) is 24.9. The predicted molar refractivity (Wildman–Crippen MR) is 168 cm³/mol. The fourth-order valence-electron chi connectivity index (χ4n) is 7.10. The number of piperidine rings is 2. The fourth-order valence-corrected chi connectivity index (χ4v) is 7.10. The van der Waals surface area contributed by atoms with Gasteiger partial charge in [-0.2, -0.15) is 0 Å². The van der Waals surface area contributed by atoms with Crippen molar-refractivity contribution in [2.45, 2.75) is 50.5 Å². The molecule has 3 fully saturated rings. The first-order valence-electron chi connectivity index (χ1n) is 15.8. The summed E-state index contributed by atoms with van der Waals surface area (Å²) in [5.41, 5.74) is 2.76. The molecule has 1 spiro atoms. The van der Waals surface area contributed by atoms with Crippen molar-refractivity contribution in [2.24, 2.45) is 5.92 Å². The Morgan fingerprint density at radius 1 is 0.698 bits per heavy atom. The molecule has 0 bridgehead atoms. The van der Waals surface area contributed by atoms with Crippen LogP contribution in [0.1, 0.15) is 43.2 Å². The van der Waals surface area contributed by atoms with Gasteiger partial charge in [0, 0.05) is 38.3 Å². The van der Waals surface area contributed by atoms with Crippen LogP contribution in [0.3, 0.4) is 0 Å². The molecule has 0 unspecified atom stereocenters. The number of nitrogens with zero attached hydrogens (tertiary/aromatic N) is 4. The minimum absolute atomic E-state index is 0.0139. The summed E-state index contributed by atoms with van der Waals surface area (Å²) >= 11 is 0. The lowest BCUT2D eigenvalue weighted by atomic mass is 9.85. The summed E-state index contributed by atoms with van der Waals surface area (Å²) in [6.07, 6.45) is 5.34. The third kappa shape index (κ3) is 6.46. The van der Waals surface area contributed by atoms with Crippen molar-refractivity contribution in [3.05, 3.63) is 102 Å². The number of carbonyl (C=O) groups is 3. The van der Waals surface area contributed by atoms with Gasteiger partial charge >= 0.3 is 0 Å². The number of anilines is 1. The van der Waals surface area contributed by atoms with Gasteiger partial charge in [0.05, 0.1) is 6.67 Å². The van der Waals surface area contributed by atoms with Gasteiger partial charge in [-0.3, -0.25) is 14.4 Å². The first-order valence-corrected chi connectivity index (χ1v) is 15.8. The molecule has 0 N–H and O–H groups in total. The molecule has 3 heterocycles. The van der Waals surface area contributed by atoms with E-state index in [0.29, 0.717) is 44.9 Å². The first-order chi connectivity index (χ1) is 21.0. The molecule has 3 amide bonds. The molecule has 0 aromatic heterocycles. The molecule has 0 aliphatic carbocycles. The van der Waals surface area contributed by atoms with Gasteiger partial charge in [-0.15, -0.1) is 0 Å². The van der Waals surface area contributed by atoms with Gasteiger partial charge in [0.15, 0.2) is 0 Å². The molecule has 0 radical (unpaired) electrons. The Hall–Kier alpha value is -4.13. The van der Waals surface area contributed by atoms with Crippen molar-refractivity contribution < 1.29 is 14.4 Å². The maximum Gasteiger partial charge on any atom is 0.250 e. The predicted octanol–water partition coefficient (Wildman–Crippen LogP) is 4.77. The maximum atomic E-state index is 14.1. The summed E-state index contributed by atoms with van der Waals surface area (Å²) < 4.78 is 0. The van der Waals surface area contributed by atoms with Crippen molar-refractivity contribution >= 4 is 23.4 Å². The topological polar surface area (TPSA) is 64.2 Å². The smallest absolute Gasteiger partial charge is 0.250 e. The zero-order valence-corrected chi connectivity index (χ0v) is 24.9. The maximum absolute atomic E-state index is 14.1. The van der Waals surface area contributed by atoms with Crippen molar-refractivity contribution in [3.8, 4) is 0 Å². The number of hydrogen-bond donors (Lipinski definition) is 0. The van der Waals surface area contributed by atoms with Crippen LogP contribution >= 0.6 is 0 Å². The van der Waals surface area contributed by atoms with E-state index in [2.05, 4.69) is 41.3 Å². The summed E-state index contributed by atoms with van der Waals surface area (Å²) in [4.78, 5) is 48.5. The molecule has 0 atom stereocenters. The standard InChI is InChI=1S/C36H42N4O3/c41-33(17-16-29-10-4-1-5-11-29)38-24-20-36(21-25-38)35(43)39(28-40(36)32-14-8-3-9-15-32)27-34(42)37-22-18-31(19-23-37)26-30-12-6-2-7-13-30/h1-15,31H,16-28H2. The monoisotopic (exact) mass is 578 g/mol. The molecule has 3 aliphatic heterocycles. The highest BCUT2D eigenvalue weighted by Crippen LogP contribution is 2.39. The van der Waals surface area contributed by atoms with Crippen LogP contribution in [0.5, 0.6) is 0 Å². The van der Waals surface area contributed by atoms with Gasteiger partial charge in [0.2, 0.25) is 11.8 Å². The van der Waals surface area contributed by atoms with Crippen LogP contribution in [0, 0.1) is 5.92 Å². The lowest BCUT2D eigenvalue weighted by Gasteiger charge is -2.43. The molecule has 7 nitrogen and oxygen atoms in total. The Morgan fingerprint density at radius 2 is 1.26 bits per heavy atom. The summed E-state index contributed by atoms with van der Waals surface area (Å²) in [6.45, 7) is 3.06. The van der Waals surface area contributed by atoms with E-state index in [0.717, 1.165) is 50.0 Å². The Bertz CT molecular complexity index is 1380. The van der Waals surface area contributed by atoms with E-state index in [9.17, 15) is 14.4 Å². The largest absolute Gasteiger partial charge is 0.342 e. The molecule has 0 saturated carbocycles. The molecule has 43 heavy (non-hydrogen) atoms. The summed E-state index contributed by atoms with van der Waals surface area (Å²) in [6, 6.07) is 30.7. The second-order valence-corrected chi connectivity index (χ2v) is 12.3. The van der Waals surface area contributed by atoms with E-state index in [4.69, 9.17) is 0 Å².